The fourth-order valence-corrected chi connectivity index (χ4v) is 4.44. The number of rotatable bonds is 8. The molecule has 0 amide bonds. The average Bonchev–Trinajstić information content (AvgIpc) is 2.67. The summed E-state index contributed by atoms with van der Waals surface area (Å²) in [4.78, 5) is 19.3. The van der Waals surface area contributed by atoms with Gasteiger partial charge in [0, 0.05) is 5.75 Å². The van der Waals surface area contributed by atoms with Crippen LogP contribution in [0.25, 0.3) is 0 Å². The number of anilines is 1. The number of nitrogens with zero attached hydrogens (tertiary/aromatic N) is 2. The Morgan fingerprint density at radius 2 is 2.07 bits per heavy atom. The van der Waals surface area contributed by atoms with Crippen LogP contribution in [0.3, 0.4) is 0 Å². The van der Waals surface area contributed by atoms with Crippen molar-refractivity contribution in [1.29, 1.82) is 0 Å². The highest BCUT2D eigenvalue weighted by Crippen LogP contribution is 2.31. The minimum atomic E-state index is -4.09. The molecule has 1 aromatic heterocycles. The summed E-state index contributed by atoms with van der Waals surface area (Å²) in [7, 11) is -1.54. The van der Waals surface area contributed by atoms with E-state index in [1.54, 1.807) is 0 Å². The summed E-state index contributed by atoms with van der Waals surface area (Å²) >= 11 is 13.0. The van der Waals surface area contributed by atoms with Crippen molar-refractivity contribution in [2.45, 2.75) is 16.0 Å². The number of sulfonamides is 1. The highest BCUT2D eigenvalue weighted by molar-refractivity contribution is 7.99. The SMILES string of the molecule is COC(=O)[C@@H](N)CSc1cnc(NS(=O)(=O)c2cccc(Cl)c2Cl)c(OC)n1. The van der Waals surface area contributed by atoms with Crippen molar-refractivity contribution in [2.24, 2.45) is 5.73 Å². The van der Waals surface area contributed by atoms with Crippen LogP contribution in [0.2, 0.25) is 10.0 Å². The minimum absolute atomic E-state index is 0.0710. The van der Waals surface area contributed by atoms with E-state index >= 15 is 0 Å². The molecule has 1 heterocycles. The van der Waals surface area contributed by atoms with Crippen molar-refractivity contribution in [3.63, 3.8) is 0 Å². The zero-order valence-corrected chi connectivity index (χ0v) is 17.8. The lowest BCUT2D eigenvalue weighted by molar-refractivity contribution is -0.141. The Kier molecular flexibility index (Phi) is 7.72. The Balaban J connectivity index is 2.22. The molecule has 2 rings (SSSR count). The Labute approximate surface area is 176 Å². The van der Waals surface area contributed by atoms with Crippen molar-refractivity contribution in [3.05, 3.63) is 34.4 Å². The van der Waals surface area contributed by atoms with Crippen molar-refractivity contribution in [2.75, 3.05) is 24.7 Å². The van der Waals surface area contributed by atoms with E-state index in [2.05, 4.69) is 19.4 Å². The molecule has 13 heteroatoms. The molecule has 0 saturated carbocycles. The molecule has 1 atom stereocenters. The van der Waals surface area contributed by atoms with E-state index < -0.39 is 22.0 Å². The Bertz CT molecular complexity index is 975. The summed E-state index contributed by atoms with van der Waals surface area (Å²) in [5, 5.41) is 0.351. The van der Waals surface area contributed by atoms with Crippen LogP contribution in [0.1, 0.15) is 0 Å². The number of nitrogens with two attached hydrogens (primary N) is 1. The van der Waals surface area contributed by atoms with Gasteiger partial charge in [0.05, 0.1) is 30.5 Å². The summed E-state index contributed by atoms with van der Waals surface area (Å²) in [6.07, 6.45) is 1.31. The van der Waals surface area contributed by atoms with Gasteiger partial charge < -0.3 is 15.2 Å². The molecule has 152 valence electrons. The number of ether oxygens (including phenoxy) is 2. The molecule has 0 fully saturated rings. The third kappa shape index (κ3) is 5.39. The molecule has 0 unspecified atom stereocenters. The number of carbonyl (C=O) groups is 1. The van der Waals surface area contributed by atoms with E-state index in [1.165, 1.54) is 38.6 Å². The smallest absolute Gasteiger partial charge is 0.323 e. The maximum absolute atomic E-state index is 12.6. The highest BCUT2D eigenvalue weighted by Gasteiger charge is 2.23. The standard InChI is InChI=1S/C15H16Cl2N4O5S2/c1-25-14-13(19-6-11(20-14)27-7-9(18)15(22)26-2)21-28(23,24)10-5-3-4-8(16)12(10)17/h3-6,9H,7,18H2,1-2H3,(H,19,21)/t9-/m0/s1. The molecule has 2 aromatic rings. The summed E-state index contributed by atoms with van der Waals surface area (Å²) in [5.41, 5.74) is 5.66. The molecule has 0 aliphatic heterocycles. The van der Waals surface area contributed by atoms with Gasteiger partial charge in [-0.05, 0) is 12.1 Å². The van der Waals surface area contributed by atoms with Gasteiger partial charge in [-0.25, -0.2) is 18.4 Å². The first-order chi connectivity index (χ1) is 13.2. The fourth-order valence-electron chi connectivity index (χ4n) is 1.91. The molecule has 1 aromatic carbocycles. The Morgan fingerprint density at radius 1 is 1.36 bits per heavy atom. The maximum Gasteiger partial charge on any atom is 0.323 e. The van der Waals surface area contributed by atoms with Crippen molar-refractivity contribution < 1.29 is 22.7 Å². The van der Waals surface area contributed by atoms with Crippen LogP contribution in [0.4, 0.5) is 5.82 Å². The molecular weight excluding hydrogens is 451 g/mol. The number of benzene rings is 1. The summed E-state index contributed by atoms with van der Waals surface area (Å²) < 4.78 is 37.1. The lowest BCUT2D eigenvalue weighted by Gasteiger charge is -2.13. The van der Waals surface area contributed by atoms with Crippen LogP contribution < -0.4 is 15.2 Å². The predicted octanol–water partition coefficient (Wildman–Crippen LogP) is 2.19. The monoisotopic (exact) mass is 466 g/mol. The molecule has 0 spiro atoms. The third-order valence-corrected chi connectivity index (χ3v) is 6.59. The van der Waals surface area contributed by atoms with Gasteiger partial charge in [-0.3, -0.25) is 9.52 Å². The second kappa shape index (κ2) is 9.61. The van der Waals surface area contributed by atoms with Gasteiger partial charge in [0.25, 0.3) is 15.9 Å². The van der Waals surface area contributed by atoms with Gasteiger partial charge in [0.1, 0.15) is 16.0 Å². The number of carbonyl (C=O) groups excluding carboxylic acids is 1. The van der Waals surface area contributed by atoms with Crippen LogP contribution in [0.5, 0.6) is 5.88 Å². The van der Waals surface area contributed by atoms with Gasteiger partial charge in [-0.15, -0.1) is 11.8 Å². The largest absolute Gasteiger partial charge is 0.478 e. The first-order valence-electron chi connectivity index (χ1n) is 7.53. The number of hydrogen-bond acceptors (Lipinski definition) is 9. The van der Waals surface area contributed by atoms with Crippen LogP contribution in [0.15, 0.2) is 34.3 Å². The molecular formula is C15H16Cl2N4O5S2. The number of nitrogens with one attached hydrogen (secondary N) is 1. The molecule has 0 bridgehead atoms. The third-order valence-electron chi connectivity index (χ3n) is 3.26. The molecule has 9 nitrogen and oxygen atoms in total. The van der Waals surface area contributed by atoms with Gasteiger partial charge in [0.2, 0.25) is 5.82 Å². The lowest BCUT2D eigenvalue weighted by Crippen LogP contribution is -2.33. The van der Waals surface area contributed by atoms with Gasteiger partial charge in [-0.2, -0.15) is 0 Å². The number of aromatic nitrogens is 2. The lowest BCUT2D eigenvalue weighted by atomic mass is 10.4. The van der Waals surface area contributed by atoms with Crippen LogP contribution in [-0.2, 0) is 19.6 Å². The molecule has 0 aliphatic rings. The van der Waals surface area contributed by atoms with Crippen LogP contribution >= 0.6 is 35.0 Å². The second-order valence-corrected chi connectivity index (χ2v) is 8.64. The van der Waals surface area contributed by atoms with E-state index in [1.807, 2.05) is 0 Å². The highest BCUT2D eigenvalue weighted by atomic mass is 35.5. The summed E-state index contributed by atoms with van der Waals surface area (Å²) in [6, 6.07) is 3.38. The Hall–Kier alpha value is -1.79. The van der Waals surface area contributed by atoms with Gasteiger partial charge in [0.15, 0.2) is 0 Å². The normalized spacial score (nSPS) is 12.3. The zero-order valence-electron chi connectivity index (χ0n) is 14.7. The van der Waals surface area contributed by atoms with E-state index in [9.17, 15) is 13.2 Å². The molecule has 28 heavy (non-hydrogen) atoms. The van der Waals surface area contributed by atoms with Gasteiger partial charge in [-0.1, -0.05) is 29.3 Å². The number of methoxy groups -OCH3 is 2. The molecule has 0 aliphatic carbocycles. The summed E-state index contributed by atoms with van der Waals surface area (Å²) in [5.74, 6) is -0.581. The molecule has 3 N–H and O–H groups in total. The molecule has 0 radical (unpaired) electrons. The quantitative estimate of drug-likeness (QED) is 0.443. The fraction of sp³-hybridized carbons (Fsp3) is 0.267. The maximum atomic E-state index is 12.6. The number of esters is 1. The molecule has 0 saturated heterocycles. The van der Waals surface area contributed by atoms with Crippen molar-refractivity contribution in [1.82, 2.24) is 9.97 Å². The minimum Gasteiger partial charge on any atom is -0.478 e. The van der Waals surface area contributed by atoms with E-state index in [4.69, 9.17) is 33.7 Å². The first kappa shape index (κ1) is 22.5. The van der Waals surface area contributed by atoms with Crippen molar-refractivity contribution in [3.8, 4) is 5.88 Å². The van der Waals surface area contributed by atoms with Crippen LogP contribution in [0, 0.1) is 0 Å². The van der Waals surface area contributed by atoms with Gasteiger partial charge >= 0.3 is 5.97 Å². The van der Waals surface area contributed by atoms with E-state index in [0.29, 0.717) is 5.03 Å². The number of halogens is 2. The summed E-state index contributed by atoms with van der Waals surface area (Å²) in [6.45, 7) is 0. The van der Waals surface area contributed by atoms with E-state index in [0.717, 1.165) is 11.8 Å². The number of thioether (sulfide) groups is 1. The average molecular weight is 467 g/mol. The predicted molar refractivity (Wildman–Crippen MR) is 107 cm³/mol. The second-order valence-electron chi connectivity index (χ2n) is 5.16. The van der Waals surface area contributed by atoms with Crippen molar-refractivity contribution >= 4 is 56.8 Å². The van der Waals surface area contributed by atoms with E-state index in [-0.39, 0.29) is 32.4 Å². The van der Waals surface area contributed by atoms with Crippen LogP contribution in [-0.4, -0.2) is 50.4 Å². The topological polar surface area (TPSA) is 134 Å². The first-order valence-corrected chi connectivity index (χ1v) is 10.8. The number of hydrogen-bond donors (Lipinski definition) is 2. The zero-order chi connectivity index (χ0) is 20.9. The Morgan fingerprint density at radius 3 is 2.71 bits per heavy atom.